The minimum atomic E-state index is 0.591. The second-order valence-electron chi connectivity index (χ2n) is 18.8. The van der Waals surface area contributed by atoms with Crippen molar-refractivity contribution in [3.05, 3.63) is 273 Å². The van der Waals surface area contributed by atoms with Crippen LogP contribution in [-0.4, -0.2) is 24.1 Å². The van der Waals surface area contributed by atoms with Gasteiger partial charge in [0.2, 0.25) is 0 Å². The Morgan fingerprint density at radius 1 is 0.203 bits per heavy atom. The van der Waals surface area contributed by atoms with Gasteiger partial charge in [-0.3, -0.25) is 0 Å². The largest absolute Gasteiger partial charge is 0.309 e. The molecular formula is C69H45N5. The van der Waals surface area contributed by atoms with Crippen LogP contribution >= 0.6 is 0 Å². The van der Waals surface area contributed by atoms with Crippen LogP contribution in [0.2, 0.25) is 0 Å². The van der Waals surface area contributed by atoms with E-state index in [9.17, 15) is 0 Å². The fourth-order valence-electron chi connectivity index (χ4n) is 10.9. The molecule has 0 saturated heterocycles. The van der Waals surface area contributed by atoms with Crippen molar-refractivity contribution in [3.63, 3.8) is 0 Å². The van der Waals surface area contributed by atoms with Crippen molar-refractivity contribution in [2.24, 2.45) is 0 Å². The molecular weight excluding hydrogens is 899 g/mol. The molecule has 0 radical (unpaired) electrons. The lowest BCUT2D eigenvalue weighted by Crippen LogP contribution is -2.04. The van der Waals surface area contributed by atoms with Gasteiger partial charge in [-0.2, -0.15) is 0 Å². The van der Waals surface area contributed by atoms with Gasteiger partial charge in [-0.15, -0.1) is 0 Å². The van der Waals surface area contributed by atoms with Crippen LogP contribution in [0.15, 0.2) is 273 Å². The Morgan fingerprint density at radius 3 is 1.08 bits per heavy atom. The predicted molar refractivity (Wildman–Crippen MR) is 307 cm³/mol. The van der Waals surface area contributed by atoms with Gasteiger partial charge in [-0.25, -0.2) is 15.0 Å². The molecule has 14 aromatic rings. The molecule has 0 N–H and O–H groups in total. The molecule has 5 nitrogen and oxygen atoms in total. The van der Waals surface area contributed by atoms with Gasteiger partial charge in [-0.05, 0) is 93.5 Å². The van der Waals surface area contributed by atoms with E-state index < -0.39 is 0 Å². The highest BCUT2D eigenvalue weighted by Gasteiger charge is 2.22. The van der Waals surface area contributed by atoms with Crippen molar-refractivity contribution >= 4 is 43.6 Å². The average molecular weight is 944 g/mol. The Labute approximate surface area is 428 Å². The lowest BCUT2D eigenvalue weighted by atomic mass is 9.94. The SMILES string of the molecule is c1ccc(-c2cccc(-c3ccc(-n4c5ccccc5c5ccccc54)c(-c4ccc(-c5nc(-c6ccccc6)nc(-c6ccc(-c7ccccc7)cc6-n6c7ccccc7c7ccccc76)n5)cc4)c3)c2)cc1. The van der Waals surface area contributed by atoms with Gasteiger partial charge in [0.1, 0.15) is 0 Å². The molecule has 0 aliphatic heterocycles. The maximum Gasteiger partial charge on any atom is 0.166 e. The number of nitrogens with zero attached hydrogens (tertiary/aromatic N) is 5. The number of rotatable bonds is 9. The van der Waals surface area contributed by atoms with Crippen LogP contribution < -0.4 is 0 Å². The van der Waals surface area contributed by atoms with E-state index in [0.717, 1.165) is 83.5 Å². The van der Waals surface area contributed by atoms with Crippen molar-refractivity contribution < 1.29 is 0 Å². The van der Waals surface area contributed by atoms with Crippen LogP contribution in [0.25, 0.3) is 134 Å². The quantitative estimate of drug-likeness (QED) is 0.145. The van der Waals surface area contributed by atoms with Crippen LogP contribution in [0.3, 0.4) is 0 Å². The van der Waals surface area contributed by atoms with Crippen molar-refractivity contribution in [2.75, 3.05) is 0 Å². The van der Waals surface area contributed by atoms with E-state index in [1.165, 1.54) is 32.7 Å². The van der Waals surface area contributed by atoms with E-state index in [4.69, 9.17) is 15.0 Å². The molecule has 0 bridgehead atoms. The number of para-hydroxylation sites is 4. The summed E-state index contributed by atoms with van der Waals surface area (Å²) in [5.74, 6) is 1.79. The topological polar surface area (TPSA) is 48.5 Å². The molecule has 0 atom stereocenters. The predicted octanol–water partition coefficient (Wildman–Crippen LogP) is 17.7. The van der Waals surface area contributed by atoms with Gasteiger partial charge < -0.3 is 9.13 Å². The number of hydrogen-bond donors (Lipinski definition) is 0. The lowest BCUT2D eigenvalue weighted by molar-refractivity contribution is 1.06. The van der Waals surface area contributed by atoms with E-state index in [-0.39, 0.29) is 0 Å². The average Bonchev–Trinajstić information content (AvgIpc) is 4.01. The van der Waals surface area contributed by atoms with E-state index in [1.54, 1.807) is 0 Å². The third-order valence-electron chi connectivity index (χ3n) is 14.4. The highest BCUT2D eigenvalue weighted by Crippen LogP contribution is 2.41. The van der Waals surface area contributed by atoms with Crippen LogP contribution in [0.5, 0.6) is 0 Å². The van der Waals surface area contributed by atoms with Gasteiger partial charge in [0.25, 0.3) is 0 Å². The highest BCUT2D eigenvalue weighted by atomic mass is 15.1. The second-order valence-corrected chi connectivity index (χ2v) is 18.8. The van der Waals surface area contributed by atoms with E-state index in [2.05, 4.69) is 264 Å². The monoisotopic (exact) mass is 943 g/mol. The van der Waals surface area contributed by atoms with Crippen LogP contribution in [0.4, 0.5) is 0 Å². The third kappa shape index (κ3) is 7.46. The molecule has 0 spiro atoms. The summed E-state index contributed by atoms with van der Waals surface area (Å²) in [4.78, 5) is 16.0. The lowest BCUT2D eigenvalue weighted by Gasteiger charge is -2.17. The van der Waals surface area contributed by atoms with Gasteiger partial charge in [0.05, 0.1) is 33.4 Å². The van der Waals surface area contributed by atoms with E-state index in [1.807, 2.05) is 18.2 Å². The minimum Gasteiger partial charge on any atom is -0.309 e. The summed E-state index contributed by atoms with van der Waals surface area (Å²) in [5, 5.41) is 4.82. The van der Waals surface area contributed by atoms with Crippen molar-refractivity contribution in [1.82, 2.24) is 24.1 Å². The zero-order valence-corrected chi connectivity index (χ0v) is 40.2. The molecule has 346 valence electrons. The number of fused-ring (bicyclic) bond motifs is 6. The number of aromatic nitrogens is 5. The maximum absolute atomic E-state index is 5.41. The molecule has 0 saturated carbocycles. The van der Waals surface area contributed by atoms with Crippen LogP contribution in [-0.2, 0) is 0 Å². The zero-order valence-electron chi connectivity index (χ0n) is 40.2. The van der Waals surface area contributed by atoms with Crippen molar-refractivity contribution in [3.8, 4) is 90.0 Å². The summed E-state index contributed by atoms with van der Waals surface area (Å²) in [7, 11) is 0. The maximum atomic E-state index is 5.41. The minimum absolute atomic E-state index is 0.591. The second kappa shape index (κ2) is 18.0. The summed E-state index contributed by atoms with van der Waals surface area (Å²) in [6.45, 7) is 0. The first-order chi connectivity index (χ1) is 36.7. The summed E-state index contributed by atoms with van der Waals surface area (Å²) in [5.41, 5.74) is 18.4. The Balaban J connectivity index is 0.949. The molecule has 0 aliphatic rings. The molecule has 0 unspecified atom stereocenters. The summed E-state index contributed by atoms with van der Waals surface area (Å²) >= 11 is 0. The molecule has 3 heterocycles. The standard InChI is InChI=1S/C69H45N5/c1-4-19-46(20-5-1)51-25-18-26-52(43-51)53-40-42-65(73-61-31-14-10-27-55(61)56-28-11-15-32-62(56)73)60(44-53)48-35-37-50(38-36-48)68-70-67(49-23-8-3-9-24-49)71-69(72-68)59-41-39-54(47-21-6-2-7-22-47)45-66(59)74-63-33-16-12-29-57(63)58-30-13-17-34-64(58)74/h1-45H. The fourth-order valence-corrected chi connectivity index (χ4v) is 10.9. The van der Waals surface area contributed by atoms with Crippen LogP contribution in [0.1, 0.15) is 0 Å². The molecule has 14 rings (SSSR count). The molecule has 5 heteroatoms. The van der Waals surface area contributed by atoms with Gasteiger partial charge in [-0.1, -0.05) is 218 Å². The molecule has 3 aromatic heterocycles. The summed E-state index contributed by atoms with van der Waals surface area (Å²) < 4.78 is 4.79. The Morgan fingerprint density at radius 2 is 0.554 bits per heavy atom. The fraction of sp³-hybridized carbons (Fsp3) is 0. The van der Waals surface area contributed by atoms with Crippen molar-refractivity contribution in [2.45, 2.75) is 0 Å². The van der Waals surface area contributed by atoms with E-state index >= 15 is 0 Å². The molecule has 0 fully saturated rings. The number of benzene rings is 11. The smallest absolute Gasteiger partial charge is 0.166 e. The Hall–Kier alpha value is -9.97. The van der Waals surface area contributed by atoms with Gasteiger partial charge in [0.15, 0.2) is 17.5 Å². The molecule has 74 heavy (non-hydrogen) atoms. The van der Waals surface area contributed by atoms with Crippen molar-refractivity contribution in [1.29, 1.82) is 0 Å². The van der Waals surface area contributed by atoms with Crippen LogP contribution in [0, 0.1) is 0 Å². The molecule has 11 aromatic carbocycles. The van der Waals surface area contributed by atoms with Gasteiger partial charge >= 0.3 is 0 Å². The molecule has 0 amide bonds. The first-order valence-corrected chi connectivity index (χ1v) is 25.1. The van der Waals surface area contributed by atoms with Gasteiger partial charge in [0, 0.05) is 43.8 Å². The number of hydrogen-bond acceptors (Lipinski definition) is 3. The molecule has 0 aliphatic carbocycles. The third-order valence-corrected chi connectivity index (χ3v) is 14.4. The Bertz CT molecular complexity index is 4300. The van der Waals surface area contributed by atoms with E-state index in [0.29, 0.717) is 17.5 Å². The summed E-state index contributed by atoms with van der Waals surface area (Å²) in [6.07, 6.45) is 0. The first-order valence-electron chi connectivity index (χ1n) is 25.1. The first kappa shape index (κ1) is 42.9. The highest BCUT2D eigenvalue weighted by molar-refractivity contribution is 6.11. The zero-order chi connectivity index (χ0) is 49.0. The Kier molecular flexibility index (Phi) is 10.4. The normalized spacial score (nSPS) is 11.5. The summed E-state index contributed by atoms with van der Waals surface area (Å²) in [6, 6.07) is 97.2.